The quantitative estimate of drug-likeness (QED) is 0.716. The van der Waals surface area contributed by atoms with Crippen molar-refractivity contribution in [2.24, 2.45) is 5.92 Å². The molecule has 3 aromatic rings. The molecule has 0 amide bonds. The Bertz CT molecular complexity index is 1060. The van der Waals surface area contributed by atoms with Gasteiger partial charge in [-0.05, 0) is 50.6 Å². The standard InChI is InChI=1S/C22H25FN6O/c1-22-11-14(12-27(22)2)20(21(22)23)28(3)19-7-6-17(25-26-19)16-5-4-15(10-18(16)30)29-9-8-24-13-29/h4-10,13-14,20-21,30H,11-12H2,1-3H3/t14-,20-,21-,22-/m0/s1. The van der Waals surface area contributed by atoms with E-state index in [0.717, 1.165) is 18.7 Å². The lowest BCUT2D eigenvalue weighted by Crippen LogP contribution is -2.57. The summed E-state index contributed by atoms with van der Waals surface area (Å²) in [6.45, 7) is 2.91. The fraction of sp³-hybridized carbons (Fsp3) is 0.409. The number of aromatic hydroxyl groups is 1. The highest BCUT2D eigenvalue weighted by atomic mass is 19.1. The fourth-order valence-corrected chi connectivity index (χ4v) is 5.10. The smallest absolute Gasteiger partial charge is 0.151 e. The van der Waals surface area contributed by atoms with Crippen molar-refractivity contribution in [3.8, 4) is 22.7 Å². The molecule has 30 heavy (non-hydrogen) atoms. The average molecular weight is 408 g/mol. The van der Waals surface area contributed by atoms with Crippen molar-refractivity contribution in [2.75, 3.05) is 25.5 Å². The van der Waals surface area contributed by atoms with Crippen LogP contribution in [0.1, 0.15) is 13.3 Å². The zero-order chi connectivity index (χ0) is 21.0. The fourth-order valence-electron chi connectivity index (χ4n) is 5.10. The molecule has 5 rings (SSSR count). The Morgan fingerprint density at radius 1 is 1.23 bits per heavy atom. The Morgan fingerprint density at radius 3 is 2.67 bits per heavy atom. The first-order chi connectivity index (χ1) is 14.4. The molecule has 4 atom stereocenters. The number of hydrogen-bond donors (Lipinski definition) is 1. The summed E-state index contributed by atoms with van der Waals surface area (Å²) in [5, 5.41) is 19.1. The third kappa shape index (κ3) is 2.78. The van der Waals surface area contributed by atoms with Gasteiger partial charge in [0.1, 0.15) is 11.9 Å². The van der Waals surface area contributed by atoms with E-state index >= 15 is 4.39 Å². The number of anilines is 1. The zero-order valence-electron chi connectivity index (χ0n) is 17.3. The molecule has 2 bridgehead atoms. The molecule has 0 unspecified atom stereocenters. The molecular weight excluding hydrogens is 383 g/mol. The molecule has 2 aromatic heterocycles. The van der Waals surface area contributed by atoms with Crippen LogP contribution in [-0.2, 0) is 0 Å². The SMILES string of the molecule is CN(c1ccc(-c2ccc(-n3ccnc3)cc2O)nn1)[C@H]1[C@@H]2CN(C)[C@@](C)(C2)[C@H]1F. The number of benzene rings is 1. The monoisotopic (exact) mass is 408 g/mol. The van der Waals surface area contributed by atoms with Gasteiger partial charge >= 0.3 is 0 Å². The number of nitrogens with zero attached hydrogens (tertiary/aromatic N) is 6. The third-order valence-corrected chi connectivity index (χ3v) is 6.95. The van der Waals surface area contributed by atoms with Gasteiger partial charge in [-0.15, -0.1) is 10.2 Å². The summed E-state index contributed by atoms with van der Waals surface area (Å²) in [4.78, 5) is 8.08. The minimum Gasteiger partial charge on any atom is -0.507 e. The second kappa shape index (κ2) is 6.77. The zero-order valence-corrected chi connectivity index (χ0v) is 17.3. The average Bonchev–Trinajstić information content (AvgIpc) is 3.42. The number of phenols is 1. The number of alkyl halides is 1. The van der Waals surface area contributed by atoms with Crippen LogP contribution in [0.25, 0.3) is 16.9 Å². The van der Waals surface area contributed by atoms with Crippen molar-refractivity contribution in [3.63, 3.8) is 0 Å². The predicted molar refractivity (Wildman–Crippen MR) is 112 cm³/mol. The van der Waals surface area contributed by atoms with Crippen LogP contribution < -0.4 is 4.90 Å². The summed E-state index contributed by atoms with van der Waals surface area (Å²) in [5.74, 6) is 1.03. The number of fused-ring (bicyclic) bond motifs is 2. The maximum Gasteiger partial charge on any atom is 0.151 e. The van der Waals surface area contributed by atoms with Crippen LogP contribution in [0.15, 0.2) is 49.1 Å². The van der Waals surface area contributed by atoms with Crippen molar-refractivity contribution in [3.05, 3.63) is 49.1 Å². The van der Waals surface area contributed by atoms with Crippen molar-refractivity contribution >= 4 is 5.82 Å². The van der Waals surface area contributed by atoms with E-state index in [1.807, 2.05) is 60.9 Å². The van der Waals surface area contributed by atoms with Crippen LogP contribution in [0.4, 0.5) is 10.2 Å². The number of rotatable bonds is 4. The molecule has 3 heterocycles. The molecule has 156 valence electrons. The maximum absolute atomic E-state index is 15.2. The summed E-state index contributed by atoms with van der Waals surface area (Å²) in [6.07, 6.45) is 5.09. The van der Waals surface area contributed by atoms with E-state index in [4.69, 9.17) is 0 Å². The Balaban J connectivity index is 1.37. The van der Waals surface area contributed by atoms with Crippen molar-refractivity contribution < 1.29 is 9.50 Å². The van der Waals surface area contributed by atoms with E-state index in [2.05, 4.69) is 20.1 Å². The number of piperidine rings is 1. The van der Waals surface area contributed by atoms with Gasteiger partial charge in [-0.25, -0.2) is 9.37 Å². The predicted octanol–water partition coefficient (Wildman–Crippen LogP) is 2.90. The van der Waals surface area contributed by atoms with Crippen LogP contribution in [0.5, 0.6) is 5.75 Å². The summed E-state index contributed by atoms with van der Waals surface area (Å²) >= 11 is 0. The molecule has 1 aromatic carbocycles. The summed E-state index contributed by atoms with van der Waals surface area (Å²) in [6, 6.07) is 8.82. The van der Waals surface area contributed by atoms with E-state index in [1.165, 1.54) is 0 Å². The Kier molecular flexibility index (Phi) is 4.28. The first-order valence-corrected chi connectivity index (χ1v) is 10.1. The summed E-state index contributed by atoms with van der Waals surface area (Å²) in [5.41, 5.74) is 1.57. The number of aromatic nitrogens is 4. The minimum absolute atomic E-state index is 0.115. The minimum atomic E-state index is -0.938. The number of phenolic OH excluding ortho intramolecular Hbond substituents is 1. The van der Waals surface area contributed by atoms with Gasteiger partial charge in [0.05, 0.1) is 29.3 Å². The van der Waals surface area contributed by atoms with Gasteiger partial charge in [-0.3, -0.25) is 4.90 Å². The third-order valence-electron chi connectivity index (χ3n) is 6.95. The summed E-state index contributed by atoms with van der Waals surface area (Å²) < 4.78 is 17.0. The van der Waals surface area contributed by atoms with Gasteiger partial charge < -0.3 is 14.6 Å². The normalized spacial score (nSPS) is 28.2. The molecule has 0 radical (unpaired) electrons. The van der Waals surface area contributed by atoms with E-state index in [9.17, 15) is 5.11 Å². The lowest BCUT2D eigenvalue weighted by molar-refractivity contribution is 0.0572. The highest BCUT2D eigenvalue weighted by Crippen LogP contribution is 2.49. The summed E-state index contributed by atoms with van der Waals surface area (Å²) in [7, 11) is 3.89. The molecule has 2 aliphatic rings. The molecule has 1 aliphatic heterocycles. The van der Waals surface area contributed by atoms with Gasteiger partial charge in [0, 0.05) is 37.6 Å². The van der Waals surface area contributed by atoms with Crippen molar-refractivity contribution in [2.45, 2.75) is 31.1 Å². The van der Waals surface area contributed by atoms with Crippen LogP contribution in [0.3, 0.4) is 0 Å². The second-order valence-corrected chi connectivity index (χ2v) is 8.65. The highest BCUT2D eigenvalue weighted by molar-refractivity contribution is 5.69. The lowest BCUT2D eigenvalue weighted by Gasteiger charge is -2.42. The van der Waals surface area contributed by atoms with Crippen LogP contribution in [0, 0.1) is 5.92 Å². The van der Waals surface area contributed by atoms with Crippen molar-refractivity contribution in [1.29, 1.82) is 0 Å². The molecule has 1 saturated heterocycles. The van der Waals surface area contributed by atoms with E-state index < -0.39 is 11.7 Å². The molecular formula is C22H25FN6O. The first-order valence-electron chi connectivity index (χ1n) is 10.1. The molecule has 1 N–H and O–H groups in total. The van der Waals surface area contributed by atoms with E-state index in [1.54, 1.807) is 18.6 Å². The first kappa shape index (κ1) is 19.0. The van der Waals surface area contributed by atoms with Crippen molar-refractivity contribution in [1.82, 2.24) is 24.6 Å². The Labute approximate surface area is 174 Å². The molecule has 0 spiro atoms. The largest absolute Gasteiger partial charge is 0.507 e. The Morgan fingerprint density at radius 2 is 2.07 bits per heavy atom. The molecule has 2 fully saturated rings. The van der Waals surface area contributed by atoms with Crippen LogP contribution >= 0.6 is 0 Å². The van der Waals surface area contributed by atoms with Gasteiger partial charge in [-0.2, -0.15) is 0 Å². The molecule has 1 aliphatic carbocycles. The molecule has 7 nitrogen and oxygen atoms in total. The molecule has 1 saturated carbocycles. The van der Waals surface area contributed by atoms with Crippen LogP contribution in [0.2, 0.25) is 0 Å². The van der Waals surface area contributed by atoms with E-state index in [0.29, 0.717) is 17.1 Å². The topological polar surface area (TPSA) is 70.3 Å². The second-order valence-electron chi connectivity index (χ2n) is 8.65. The lowest BCUT2D eigenvalue weighted by atomic mass is 9.95. The maximum atomic E-state index is 15.2. The van der Waals surface area contributed by atoms with Gasteiger partial charge in [0.15, 0.2) is 5.82 Å². The number of imidazole rings is 1. The molecule has 8 heteroatoms. The van der Waals surface area contributed by atoms with Gasteiger partial charge in [0.2, 0.25) is 0 Å². The van der Waals surface area contributed by atoms with Crippen LogP contribution in [-0.4, -0.2) is 68.1 Å². The highest BCUT2D eigenvalue weighted by Gasteiger charge is 2.60. The number of halogens is 1. The van der Waals surface area contributed by atoms with Gasteiger partial charge in [-0.1, -0.05) is 0 Å². The van der Waals surface area contributed by atoms with E-state index in [-0.39, 0.29) is 17.7 Å². The Hall–Kier alpha value is -3.00. The van der Waals surface area contributed by atoms with Gasteiger partial charge in [0.25, 0.3) is 0 Å². The number of hydrogen-bond acceptors (Lipinski definition) is 6. The number of likely N-dealkylation sites (tertiary alicyclic amines) is 1.